The lowest BCUT2D eigenvalue weighted by Gasteiger charge is -2.23. The number of rotatable bonds is 3. The lowest BCUT2D eigenvalue weighted by molar-refractivity contribution is 0.254. The van der Waals surface area contributed by atoms with Gasteiger partial charge in [0.15, 0.2) is 11.6 Å². The molecule has 1 amide bonds. The molecule has 3 heterocycles. The summed E-state index contributed by atoms with van der Waals surface area (Å²) in [7, 11) is 0. The molecular formula is C24H22FN5O2. The largest absolute Gasteiger partial charge is 0.436 e. The number of nitrogens with zero attached hydrogens (tertiary/aromatic N) is 3. The average Bonchev–Trinajstić information content (AvgIpc) is 3.21. The first-order valence-corrected chi connectivity index (χ1v) is 10.4. The molecule has 162 valence electrons. The molecule has 1 unspecified atom stereocenters. The van der Waals surface area contributed by atoms with Crippen LogP contribution in [-0.4, -0.2) is 26.6 Å². The fourth-order valence-corrected chi connectivity index (χ4v) is 3.95. The summed E-state index contributed by atoms with van der Waals surface area (Å²) in [5.74, 6) is -0.126. The van der Waals surface area contributed by atoms with E-state index in [0.717, 1.165) is 16.8 Å². The number of aryl methyl sites for hydroxylation is 1. The number of halogens is 1. The number of benzene rings is 2. The van der Waals surface area contributed by atoms with E-state index < -0.39 is 5.82 Å². The van der Waals surface area contributed by atoms with Crippen molar-refractivity contribution in [2.24, 2.45) is 0 Å². The van der Waals surface area contributed by atoms with Gasteiger partial charge in [0.05, 0.1) is 11.2 Å². The van der Waals surface area contributed by atoms with Crippen molar-refractivity contribution >= 4 is 22.6 Å². The number of hydrogen-bond acceptors (Lipinski definition) is 5. The van der Waals surface area contributed by atoms with E-state index in [9.17, 15) is 4.79 Å². The Balaban J connectivity index is 1.44. The second-order valence-corrected chi connectivity index (χ2v) is 7.99. The molecule has 0 aliphatic carbocycles. The number of hydrogen-bond donors (Lipinski definition) is 2. The first kappa shape index (κ1) is 20.1. The summed E-state index contributed by atoms with van der Waals surface area (Å²) in [5.41, 5.74) is 3.89. The number of fused-ring (bicyclic) bond motifs is 2. The van der Waals surface area contributed by atoms with E-state index in [2.05, 4.69) is 27.5 Å². The molecule has 1 aliphatic heterocycles. The summed E-state index contributed by atoms with van der Waals surface area (Å²) in [6, 6.07) is 12.1. The molecule has 2 N–H and O–H groups in total. The van der Waals surface area contributed by atoms with Gasteiger partial charge < -0.3 is 15.4 Å². The lowest BCUT2D eigenvalue weighted by atomic mass is 10.0. The Labute approximate surface area is 184 Å². The van der Waals surface area contributed by atoms with E-state index in [1.54, 1.807) is 18.3 Å². The minimum atomic E-state index is -0.543. The zero-order valence-corrected chi connectivity index (χ0v) is 17.7. The lowest BCUT2D eigenvalue weighted by Crippen LogP contribution is -2.33. The molecule has 0 bridgehead atoms. The summed E-state index contributed by atoms with van der Waals surface area (Å²) in [6.45, 7) is 4.64. The SMILES string of the molecule is Cc1cccc(NC(=O)n2ccc3c(F)c(Oc4ncnc5c4CC(C)NC5)ccc32)c1. The van der Waals surface area contributed by atoms with Gasteiger partial charge in [0.2, 0.25) is 5.88 Å². The van der Waals surface area contributed by atoms with Crippen LogP contribution >= 0.6 is 0 Å². The number of anilines is 1. The van der Waals surface area contributed by atoms with Gasteiger partial charge in [-0.3, -0.25) is 4.57 Å². The summed E-state index contributed by atoms with van der Waals surface area (Å²) in [6.07, 6.45) is 3.67. The molecule has 32 heavy (non-hydrogen) atoms. The van der Waals surface area contributed by atoms with Gasteiger partial charge in [-0.1, -0.05) is 12.1 Å². The highest BCUT2D eigenvalue weighted by atomic mass is 19.1. The van der Waals surface area contributed by atoms with E-state index in [0.29, 0.717) is 35.4 Å². The second-order valence-electron chi connectivity index (χ2n) is 7.99. The number of amides is 1. The van der Waals surface area contributed by atoms with Gasteiger partial charge in [0, 0.05) is 35.4 Å². The number of ether oxygens (including phenoxy) is 1. The van der Waals surface area contributed by atoms with Crippen LogP contribution in [0.25, 0.3) is 10.9 Å². The fraction of sp³-hybridized carbons (Fsp3) is 0.208. The molecular weight excluding hydrogens is 409 g/mol. The Morgan fingerprint density at radius 2 is 2.12 bits per heavy atom. The Hall–Kier alpha value is -3.78. The van der Waals surface area contributed by atoms with Gasteiger partial charge in [-0.15, -0.1) is 0 Å². The van der Waals surface area contributed by atoms with E-state index in [1.165, 1.54) is 17.0 Å². The van der Waals surface area contributed by atoms with Crippen LogP contribution in [-0.2, 0) is 13.0 Å². The predicted molar refractivity (Wildman–Crippen MR) is 120 cm³/mol. The van der Waals surface area contributed by atoms with Crippen molar-refractivity contribution in [1.82, 2.24) is 19.9 Å². The van der Waals surface area contributed by atoms with E-state index in [1.807, 2.05) is 31.2 Å². The van der Waals surface area contributed by atoms with Crippen LogP contribution in [0.5, 0.6) is 11.6 Å². The van der Waals surface area contributed by atoms with Gasteiger partial charge in [-0.05, 0) is 56.2 Å². The third kappa shape index (κ3) is 3.69. The quantitative estimate of drug-likeness (QED) is 0.488. The standard InChI is InChI=1S/C24H22FN5O2/c1-14-4-3-5-16(10-14)29-24(31)30-9-8-17-20(30)6-7-21(22(17)25)32-23-18-11-15(2)26-12-19(18)27-13-28-23/h3-10,13,15,26H,11-12H2,1-2H3,(H,29,31). The van der Waals surface area contributed by atoms with Gasteiger partial charge >= 0.3 is 6.03 Å². The van der Waals surface area contributed by atoms with Gasteiger partial charge in [-0.2, -0.15) is 0 Å². The topological polar surface area (TPSA) is 81.1 Å². The first-order valence-electron chi connectivity index (χ1n) is 10.4. The van der Waals surface area contributed by atoms with Crippen molar-refractivity contribution in [3.63, 3.8) is 0 Å². The smallest absolute Gasteiger partial charge is 0.330 e. The number of nitrogens with one attached hydrogen (secondary N) is 2. The number of carbonyl (C=O) groups is 1. The van der Waals surface area contributed by atoms with Crippen LogP contribution in [0.4, 0.5) is 14.9 Å². The molecule has 7 nitrogen and oxygen atoms in total. The van der Waals surface area contributed by atoms with Crippen molar-refractivity contribution in [2.75, 3.05) is 5.32 Å². The van der Waals surface area contributed by atoms with Crippen molar-refractivity contribution in [1.29, 1.82) is 0 Å². The summed E-state index contributed by atoms with van der Waals surface area (Å²) >= 11 is 0. The van der Waals surface area contributed by atoms with Gasteiger partial charge in [0.1, 0.15) is 6.33 Å². The highest BCUT2D eigenvalue weighted by Gasteiger charge is 2.22. The normalized spacial score (nSPS) is 15.4. The van der Waals surface area contributed by atoms with Crippen molar-refractivity contribution in [3.8, 4) is 11.6 Å². The maximum absolute atomic E-state index is 15.3. The van der Waals surface area contributed by atoms with Crippen molar-refractivity contribution in [2.45, 2.75) is 32.9 Å². The van der Waals surface area contributed by atoms with Gasteiger partial charge in [0.25, 0.3) is 0 Å². The zero-order chi connectivity index (χ0) is 22.2. The van der Waals surface area contributed by atoms with E-state index >= 15 is 4.39 Å². The third-order valence-electron chi connectivity index (χ3n) is 5.59. The summed E-state index contributed by atoms with van der Waals surface area (Å²) in [4.78, 5) is 21.3. The van der Waals surface area contributed by atoms with Gasteiger partial charge in [-0.25, -0.2) is 19.2 Å². The molecule has 0 radical (unpaired) electrons. The van der Waals surface area contributed by atoms with Crippen LogP contribution in [0.1, 0.15) is 23.7 Å². The van der Waals surface area contributed by atoms with E-state index in [-0.39, 0.29) is 17.8 Å². The monoisotopic (exact) mass is 431 g/mol. The summed E-state index contributed by atoms with van der Waals surface area (Å²) < 4.78 is 22.6. The Bertz CT molecular complexity index is 1330. The van der Waals surface area contributed by atoms with Crippen LogP contribution in [0.2, 0.25) is 0 Å². The molecule has 0 saturated carbocycles. The molecule has 0 fully saturated rings. The predicted octanol–water partition coefficient (Wildman–Crippen LogP) is 4.79. The second kappa shape index (κ2) is 8.05. The number of carbonyl (C=O) groups excluding carboxylic acids is 1. The first-order chi connectivity index (χ1) is 15.5. The van der Waals surface area contributed by atoms with E-state index in [4.69, 9.17) is 4.74 Å². The molecule has 0 spiro atoms. The minimum Gasteiger partial charge on any atom is -0.436 e. The molecule has 5 rings (SSSR count). The highest BCUT2D eigenvalue weighted by molar-refractivity contribution is 5.99. The Kier molecular flexibility index (Phi) is 5.07. The minimum absolute atomic E-state index is 0.0569. The fourth-order valence-electron chi connectivity index (χ4n) is 3.95. The zero-order valence-electron chi connectivity index (χ0n) is 17.7. The maximum Gasteiger partial charge on any atom is 0.330 e. The Morgan fingerprint density at radius 1 is 1.25 bits per heavy atom. The average molecular weight is 431 g/mol. The maximum atomic E-state index is 15.3. The van der Waals surface area contributed by atoms with Crippen LogP contribution in [0, 0.1) is 12.7 Å². The molecule has 0 saturated heterocycles. The molecule has 8 heteroatoms. The Morgan fingerprint density at radius 3 is 2.97 bits per heavy atom. The molecule has 4 aromatic rings. The van der Waals surface area contributed by atoms with Crippen LogP contribution in [0.3, 0.4) is 0 Å². The molecule has 2 aromatic carbocycles. The summed E-state index contributed by atoms with van der Waals surface area (Å²) in [5, 5.41) is 6.47. The van der Waals surface area contributed by atoms with Crippen molar-refractivity contribution < 1.29 is 13.9 Å². The third-order valence-corrected chi connectivity index (χ3v) is 5.59. The molecule has 1 aliphatic rings. The van der Waals surface area contributed by atoms with Crippen molar-refractivity contribution in [3.05, 3.63) is 77.6 Å². The van der Waals surface area contributed by atoms with Crippen LogP contribution < -0.4 is 15.4 Å². The number of aromatic nitrogens is 3. The molecule has 2 aromatic heterocycles. The van der Waals surface area contributed by atoms with Crippen LogP contribution in [0.15, 0.2) is 55.0 Å². The highest BCUT2D eigenvalue weighted by Crippen LogP contribution is 2.33. The molecule has 1 atom stereocenters.